The average molecular weight is 347 g/mol. The molecule has 1 atom stereocenters. The van der Waals surface area contributed by atoms with Crippen LogP contribution < -0.4 is 4.74 Å². The van der Waals surface area contributed by atoms with E-state index in [1.54, 1.807) is 19.2 Å². The van der Waals surface area contributed by atoms with Crippen LogP contribution in [0.1, 0.15) is 17.2 Å². The van der Waals surface area contributed by atoms with Gasteiger partial charge in [0.1, 0.15) is 5.75 Å². The maximum absolute atomic E-state index is 12.8. The fraction of sp³-hybridized carbons (Fsp3) is 0.333. The van der Waals surface area contributed by atoms with Gasteiger partial charge in [0.05, 0.1) is 24.7 Å². The van der Waals surface area contributed by atoms with Crippen molar-refractivity contribution in [2.45, 2.75) is 17.9 Å². The van der Waals surface area contributed by atoms with Gasteiger partial charge in [0.25, 0.3) is 0 Å². The number of morpholine rings is 1. The van der Waals surface area contributed by atoms with Crippen molar-refractivity contribution in [2.75, 3.05) is 26.8 Å². The number of ether oxygens (including phenoxy) is 2. The molecular weight excluding hydrogens is 326 g/mol. The smallest absolute Gasteiger partial charge is 0.243 e. The van der Waals surface area contributed by atoms with E-state index in [0.717, 1.165) is 16.9 Å². The fourth-order valence-corrected chi connectivity index (χ4v) is 4.15. The summed E-state index contributed by atoms with van der Waals surface area (Å²) in [4.78, 5) is 0.323. The lowest BCUT2D eigenvalue weighted by molar-refractivity contribution is -0.00257. The van der Waals surface area contributed by atoms with Crippen LogP contribution in [0.15, 0.2) is 53.4 Å². The predicted molar refractivity (Wildman–Crippen MR) is 91.6 cm³/mol. The molecule has 1 aliphatic heterocycles. The molecule has 0 aliphatic carbocycles. The monoisotopic (exact) mass is 347 g/mol. The topological polar surface area (TPSA) is 55.8 Å². The maximum Gasteiger partial charge on any atom is 0.243 e. The lowest BCUT2D eigenvalue weighted by Gasteiger charge is -2.32. The Labute approximate surface area is 142 Å². The van der Waals surface area contributed by atoms with Gasteiger partial charge in [0.15, 0.2) is 0 Å². The summed E-state index contributed by atoms with van der Waals surface area (Å²) in [6.07, 6.45) is -0.273. The summed E-state index contributed by atoms with van der Waals surface area (Å²) in [6, 6.07) is 14.5. The first-order chi connectivity index (χ1) is 11.5. The van der Waals surface area contributed by atoms with Gasteiger partial charge in [-0.05, 0) is 36.8 Å². The SMILES string of the molecule is COc1ccc(C2CN(S(=O)(=O)c3ccc(C)cc3)CCO2)cc1. The summed E-state index contributed by atoms with van der Waals surface area (Å²) in [6.45, 7) is 2.98. The minimum Gasteiger partial charge on any atom is -0.497 e. The van der Waals surface area contributed by atoms with E-state index in [2.05, 4.69) is 0 Å². The van der Waals surface area contributed by atoms with Crippen LogP contribution in [0.25, 0.3) is 0 Å². The Bertz CT molecular complexity index is 785. The van der Waals surface area contributed by atoms with E-state index >= 15 is 0 Å². The Morgan fingerprint density at radius 1 is 1.08 bits per heavy atom. The molecule has 0 aromatic heterocycles. The summed E-state index contributed by atoms with van der Waals surface area (Å²) >= 11 is 0. The van der Waals surface area contributed by atoms with Crippen LogP contribution in [-0.2, 0) is 14.8 Å². The first-order valence-electron chi connectivity index (χ1n) is 7.83. The first kappa shape index (κ1) is 17.0. The van der Waals surface area contributed by atoms with Gasteiger partial charge in [-0.15, -0.1) is 0 Å². The molecule has 0 amide bonds. The van der Waals surface area contributed by atoms with Gasteiger partial charge in [-0.2, -0.15) is 4.31 Å². The van der Waals surface area contributed by atoms with Crippen LogP contribution in [0, 0.1) is 6.92 Å². The molecular formula is C18H21NO4S. The van der Waals surface area contributed by atoms with Crippen LogP contribution in [0.5, 0.6) is 5.75 Å². The summed E-state index contributed by atoms with van der Waals surface area (Å²) < 4.78 is 38.1. The molecule has 128 valence electrons. The Hall–Kier alpha value is -1.89. The minimum absolute atomic E-state index is 0.273. The first-order valence-corrected chi connectivity index (χ1v) is 9.27. The molecule has 1 saturated heterocycles. The van der Waals surface area contributed by atoms with Gasteiger partial charge in [-0.25, -0.2) is 8.42 Å². The number of rotatable bonds is 4. The quantitative estimate of drug-likeness (QED) is 0.853. The molecule has 1 heterocycles. The van der Waals surface area contributed by atoms with E-state index in [4.69, 9.17) is 9.47 Å². The molecule has 24 heavy (non-hydrogen) atoms. The van der Waals surface area contributed by atoms with Crippen molar-refractivity contribution in [3.8, 4) is 5.75 Å². The van der Waals surface area contributed by atoms with E-state index in [0.29, 0.717) is 24.6 Å². The number of sulfonamides is 1. The summed E-state index contributed by atoms with van der Waals surface area (Å²) in [5, 5.41) is 0. The van der Waals surface area contributed by atoms with Crippen molar-refractivity contribution in [3.05, 3.63) is 59.7 Å². The number of hydrogen-bond donors (Lipinski definition) is 0. The number of benzene rings is 2. The molecule has 1 fully saturated rings. The van der Waals surface area contributed by atoms with E-state index in [1.165, 1.54) is 4.31 Å². The van der Waals surface area contributed by atoms with Gasteiger partial charge < -0.3 is 9.47 Å². The largest absolute Gasteiger partial charge is 0.497 e. The molecule has 0 N–H and O–H groups in total. The molecule has 0 spiro atoms. The standard InChI is InChI=1S/C18H21NO4S/c1-14-3-9-17(10-4-14)24(20,21)19-11-12-23-18(13-19)15-5-7-16(22-2)8-6-15/h3-10,18H,11-13H2,1-2H3. The second-order valence-corrected chi connectivity index (χ2v) is 7.75. The second kappa shape index (κ2) is 6.93. The molecule has 1 unspecified atom stereocenters. The van der Waals surface area contributed by atoms with Crippen molar-refractivity contribution in [2.24, 2.45) is 0 Å². The Morgan fingerprint density at radius 3 is 2.38 bits per heavy atom. The molecule has 1 aliphatic rings. The molecule has 2 aromatic rings. The number of methoxy groups -OCH3 is 1. The summed E-state index contributed by atoms with van der Waals surface area (Å²) in [5.74, 6) is 0.763. The molecule has 0 saturated carbocycles. The second-order valence-electron chi connectivity index (χ2n) is 5.81. The Morgan fingerprint density at radius 2 is 1.75 bits per heavy atom. The highest BCUT2D eigenvalue weighted by molar-refractivity contribution is 7.89. The van der Waals surface area contributed by atoms with Crippen LogP contribution in [0.2, 0.25) is 0 Å². The normalized spacial score (nSPS) is 19.2. The highest BCUT2D eigenvalue weighted by Gasteiger charge is 2.31. The lowest BCUT2D eigenvalue weighted by Crippen LogP contribution is -2.42. The van der Waals surface area contributed by atoms with Gasteiger partial charge >= 0.3 is 0 Å². The number of aryl methyl sites for hydroxylation is 1. The van der Waals surface area contributed by atoms with E-state index in [9.17, 15) is 8.42 Å². The molecule has 6 heteroatoms. The predicted octanol–water partition coefficient (Wildman–Crippen LogP) is 2.77. The average Bonchev–Trinajstić information content (AvgIpc) is 2.62. The van der Waals surface area contributed by atoms with Crippen LogP contribution in [-0.4, -0.2) is 39.5 Å². The molecule has 0 radical (unpaired) electrons. The van der Waals surface area contributed by atoms with Gasteiger partial charge in [-0.3, -0.25) is 0 Å². The summed E-state index contributed by atoms with van der Waals surface area (Å²) in [7, 11) is -1.89. The van der Waals surface area contributed by atoms with E-state index in [1.807, 2.05) is 43.3 Å². The van der Waals surface area contributed by atoms with Crippen molar-refractivity contribution in [1.82, 2.24) is 4.31 Å². The highest BCUT2D eigenvalue weighted by atomic mass is 32.2. The van der Waals surface area contributed by atoms with Crippen molar-refractivity contribution in [1.29, 1.82) is 0 Å². The minimum atomic E-state index is -3.50. The summed E-state index contributed by atoms with van der Waals surface area (Å²) in [5.41, 5.74) is 1.98. The lowest BCUT2D eigenvalue weighted by atomic mass is 10.1. The van der Waals surface area contributed by atoms with Crippen LogP contribution >= 0.6 is 0 Å². The van der Waals surface area contributed by atoms with Crippen molar-refractivity contribution in [3.63, 3.8) is 0 Å². The third-order valence-corrected chi connectivity index (χ3v) is 6.05. The maximum atomic E-state index is 12.8. The molecule has 3 rings (SSSR count). The van der Waals surface area contributed by atoms with Crippen molar-refractivity contribution < 1.29 is 17.9 Å². The fourth-order valence-electron chi connectivity index (χ4n) is 2.72. The number of hydrogen-bond acceptors (Lipinski definition) is 4. The van der Waals surface area contributed by atoms with Gasteiger partial charge in [0.2, 0.25) is 10.0 Å². The molecule has 5 nitrogen and oxygen atoms in total. The molecule has 0 bridgehead atoms. The zero-order valence-electron chi connectivity index (χ0n) is 13.8. The third kappa shape index (κ3) is 3.45. The van der Waals surface area contributed by atoms with Crippen molar-refractivity contribution >= 4 is 10.0 Å². The third-order valence-electron chi connectivity index (χ3n) is 4.18. The Kier molecular flexibility index (Phi) is 4.89. The van der Waals surface area contributed by atoms with Crippen LogP contribution in [0.3, 0.4) is 0 Å². The zero-order valence-corrected chi connectivity index (χ0v) is 14.6. The number of nitrogens with zero attached hydrogens (tertiary/aromatic N) is 1. The highest BCUT2D eigenvalue weighted by Crippen LogP contribution is 2.27. The van der Waals surface area contributed by atoms with E-state index < -0.39 is 10.0 Å². The van der Waals surface area contributed by atoms with Gasteiger partial charge in [-0.1, -0.05) is 29.8 Å². The Balaban J connectivity index is 1.80. The van der Waals surface area contributed by atoms with Gasteiger partial charge in [0, 0.05) is 13.1 Å². The molecule has 2 aromatic carbocycles. The van der Waals surface area contributed by atoms with Crippen LogP contribution in [0.4, 0.5) is 0 Å². The van der Waals surface area contributed by atoms with E-state index in [-0.39, 0.29) is 6.10 Å². The zero-order chi connectivity index (χ0) is 17.2.